The number of para-hydroxylation sites is 1. The number of hydrogen-bond donors (Lipinski definition) is 2. The van der Waals surface area contributed by atoms with Gasteiger partial charge in [0.25, 0.3) is 0 Å². The first kappa shape index (κ1) is 18.0. The lowest BCUT2D eigenvalue weighted by Gasteiger charge is -2.18. The Balaban J connectivity index is 1.74. The number of fused-ring (bicyclic) bond motifs is 1. The molecule has 2 heterocycles. The molecule has 3 N–H and O–H groups in total. The van der Waals surface area contributed by atoms with Crippen molar-refractivity contribution < 1.29 is 14.3 Å². The second-order valence-electron chi connectivity index (χ2n) is 6.20. The Bertz CT molecular complexity index is 707. The summed E-state index contributed by atoms with van der Waals surface area (Å²) in [7, 11) is 0. The summed E-state index contributed by atoms with van der Waals surface area (Å²) in [6.07, 6.45) is 3.30. The van der Waals surface area contributed by atoms with Crippen LogP contribution in [0.15, 0.2) is 24.3 Å². The lowest BCUT2D eigenvalue weighted by molar-refractivity contribution is -0.130. The topological polar surface area (TPSA) is 94.3 Å². The van der Waals surface area contributed by atoms with Gasteiger partial charge in [0.2, 0.25) is 11.7 Å². The Morgan fingerprint density at radius 1 is 1.36 bits per heavy atom. The van der Waals surface area contributed by atoms with Crippen LogP contribution < -0.4 is 11.1 Å². The zero-order valence-electron chi connectivity index (χ0n) is 14.1. The van der Waals surface area contributed by atoms with Crippen LogP contribution >= 0.6 is 11.3 Å². The van der Waals surface area contributed by atoms with E-state index in [0.717, 1.165) is 29.5 Å². The number of aromatic nitrogens is 1. The molecule has 2 unspecified atom stereocenters. The number of benzene rings is 1. The third-order valence-corrected chi connectivity index (χ3v) is 5.36. The van der Waals surface area contributed by atoms with E-state index in [1.165, 1.54) is 11.3 Å². The summed E-state index contributed by atoms with van der Waals surface area (Å²) in [6.45, 7) is 1.17. The normalized spacial score (nSPS) is 18.4. The number of rotatable bonds is 8. The van der Waals surface area contributed by atoms with Gasteiger partial charge < -0.3 is 15.8 Å². The summed E-state index contributed by atoms with van der Waals surface area (Å²) in [5.74, 6) is -0.339. The number of nitrogens with two attached hydrogens (primary N) is 1. The van der Waals surface area contributed by atoms with Crippen LogP contribution in [0.5, 0.6) is 0 Å². The van der Waals surface area contributed by atoms with Crippen LogP contribution in [0.1, 0.15) is 41.9 Å². The molecule has 0 aliphatic carbocycles. The van der Waals surface area contributed by atoms with E-state index >= 15 is 0 Å². The van der Waals surface area contributed by atoms with Crippen molar-refractivity contribution in [2.24, 2.45) is 5.73 Å². The predicted molar refractivity (Wildman–Crippen MR) is 97.8 cm³/mol. The summed E-state index contributed by atoms with van der Waals surface area (Å²) in [5, 5.41) is 3.31. The van der Waals surface area contributed by atoms with Gasteiger partial charge in [-0.05, 0) is 50.8 Å². The van der Waals surface area contributed by atoms with Gasteiger partial charge in [0.05, 0.1) is 16.3 Å². The Kier molecular flexibility index (Phi) is 6.12. The Hall–Kier alpha value is -1.83. The lowest BCUT2D eigenvalue weighted by Crippen LogP contribution is -2.45. The number of carbonyl (C=O) groups excluding carboxylic acids is 2. The third kappa shape index (κ3) is 4.42. The minimum atomic E-state index is -0.580. The molecule has 1 aromatic heterocycles. The molecule has 1 amide bonds. The molecule has 1 fully saturated rings. The zero-order chi connectivity index (χ0) is 17.6. The van der Waals surface area contributed by atoms with Crippen molar-refractivity contribution in [1.82, 2.24) is 10.3 Å². The molecule has 2 atom stereocenters. The number of ketones is 1. The molecule has 1 aliphatic rings. The summed E-state index contributed by atoms with van der Waals surface area (Å²) in [4.78, 5) is 29.7. The van der Waals surface area contributed by atoms with E-state index in [0.29, 0.717) is 31.0 Å². The van der Waals surface area contributed by atoms with E-state index in [2.05, 4.69) is 10.3 Å². The number of amides is 1. The highest BCUT2D eigenvalue weighted by Crippen LogP contribution is 2.23. The molecule has 0 bridgehead atoms. The number of nitrogens with one attached hydrogen (secondary N) is 1. The van der Waals surface area contributed by atoms with Crippen LogP contribution in [-0.4, -0.2) is 42.0 Å². The Labute approximate surface area is 150 Å². The largest absolute Gasteiger partial charge is 0.368 e. The fourth-order valence-corrected chi connectivity index (χ4v) is 3.90. The maximum atomic E-state index is 12.9. The monoisotopic (exact) mass is 361 g/mol. The third-order valence-electron chi connectivity index (χ3n) is 4.31. The number of ether oxygens (including phenoxy) is 1. The zero-order valence-corrected chi connectivity index (χ0v) is 14.9. The average Bonchev–Trinajstić information content (AvgIpc) is 3.29. The molecule has 0 radical (unpaired) electrons. The van der Waals surface area contributed by atoms with Crippen LogP contribution in [0.4, 0.5) is 0 Å². The van der Waals surface area contributed by atoms with Crippen molar-refractivity contribution in [3.05, 3.63) is 29.3 Å². The smallest absolute Gasteiger partial charge is 0.249 e. The van der Waals surface area contributed by atoms with E-state index in [1.54, 1.807) is 0 Å². The van der Waals surface area contributed by atoms with Gasteiger partial charge in [-0.2, -0.15) is 0 Å². The number of Topliss-reactive ketones (excluding diaryl/α,β-unsaturated/α-hetero) is 1. The summed E-state index contributed by atoms with van der Waals surface area (Å²) in [6, 6.07) is 7.07. The summed E-state index contributed by atoms with van der Waals surface area (Å²) >= 11 is 1.36. The molecule has 6 nitrogen and oxygen atoms in total. The van der Waals surface area contributed by atoms with E-state index in [1.807, 2.05) is 24.3 Å². The van der Waals surface area contributed by atoms with Crippen molar-refractivity contribution in [3.8, 4) is 0 Å². The molecule has 1 saturated heterocycles. The van der Waals surface area contributed by atoms with Gasteiger partial charge in [-0.15, -0.1) is 11.3 Å². The second-order valence-corrected chi connectivity index (χ2v) is 7.23. The van der Waals surface area contributed by atoms with Gasteiger partial charge in [0, 0.05) is 6.61 Å². The van der Waals surface area contributed by atoms with Crippen LogP contribution in [0.3, 0.4) is 0 Å². The maximum Gasteiger partial charge on any atom is 0.249 e. The number of carbonyl (C=O) groups is 2. The first-order valence-corrected chi connectivity index (χ1v) is 9.52. The van der Waals surface area contributed by atoms with Gasteiger partial charge >= 0.3 is 0 Å². The Morgan fingerprint density at radius 2 is 2.20 bits per heavy atom. The maximum absolute atomic E-state index is 12.9. The fraction of sp³-hybridized carbons (Fsp3) is 0.500. The highest BCUT2D eigenvalue weighted by molar-refractivity contribution is 7.20. The summed E-state index contributed by atoms with van der Waals surface area (Å²) < 4.78 is 6.39. The van der Waals surface area contributed by atoms with E-state index in [9.17, 15) is 9.59 Å². The molecule has 7 heteroatoms. The highest BCUT2D eigenvalue weighted by Gasteiger charge is 2.29. The van der Waals surface area contributed by atoms with Crippen molar-refractivity contribution in [2.45, 2.75) is 44.2 Å². The first-order valence-electron chi connectivity index (χ1n) is 8.71. The summed E-state index contributed by atoms with van der Waals surface area (Å²) in [5.41, 5.74) is 6.36. The van der Waals surface area contributed by atoms with Gasteiger partial charge in [-0.1, -0.05) is 12.1 Å². The predicted octanol–water partition coefficient (Wildman–Crippen LogP) is 2.27. The Morgan fingerprint density at radius 3 is 2.92 bits per heavy atom. The minimum absolute atomic E-state index is 0.135. The van der Waals surface area contributed by atoms with Crippen LogP contribution in [-0.2, 0) is 9.53 Å². The first-order chi connectivity index (χ1) is 12.2. The van der Waals surface area contributed by atoms with E-state index < -0.39 is 12.1 Å². The highest BCUT2D eigenvalue weighted by atomic mass is 32.1. The van der Waals surface area contributed by atoms with Gasteiger partial charge in [0.1, 0.15) is 6.10 Å². The van der Waals surface area contributed by atoms with Crippen LogP contribution in [0.25, 0.3) is 10.2 Å². The molecular formula is C18H23N3O3S. The lowest BCUT2D eigenvalue weighted by atomic mass is 10.0. The molecule has 1 aromatic carbocycles. The molecule has 1 aliphatic heterocycles. The molecule has 134 valence electrons. The quantitative estimate of drug-likeness (QED) is 0.556. The number of thiazole rings is 1. The standard InChI is InChI=1S/C18H23N3O3S/c19-10-4-3-7-13(20-17(23)14-8-5-11-24-14)16(22)18-21-12-6-1-2-9-15(12)25-18/h1-2,6,9,13-14H,3-5,7-8,10-11,19H2,(H,20,23). The van der Waals surface area contributed by atoms with E-state index in [4.69, 9.17) is 10.5 Å². The SMILES string of the molecule is NCCCCC(NC(=O)C1CCCO1)C(=O)c1nc2ccccc2s1. The van der Waals surface area contributed by atoms with Crippen molar-refractivity contribution >= 4 is 33.2 Å². The van der Waals surface area contributed by atoms with E-state index in [-0.39, 0.29) is 11.7 Å². The number of nitrogens with zero attached hydrogens (tertiary/aromatic N) is 1. The van der Waals surface area contributed by atoms with Crippen molar-refractivity contribution in [2.75, 3.05) is 13.2 Å². The molecule has 0 saturated carbocycles. The molecular weight excluding hydrogens is 338 g/mol. The van der Waals surface area contributed by atoms with Crippen LogP contribution in [0.2, 0.25) is 0 Å². The number of unbranched alkanes of at least 4 members (excludes halogenated alkanes) is 1. The molecule has 25 heavy (non-hydrogen) atoms. The fourth-order valence-electron chi connectivity index (χ4n) is 2.94. The van der Waals surface area contributed by atoms with Crippen molar-refractivity contribution in [1.29, 1.82) is 0 Å². The minimum Gasteiger partial charge on any atom is -0.368 e. The van der Waals surface area contributed by atoms with Crippen LogP contribution in [0, 0.1) is 0 Å². The second kappa shape index (κ2) is 8.51. The number of hydrogen-bond acceptors (Lipinski definition) is 6. The van der Waals surface area contributed by atoms with Gasteiger partial charge in [-0.3, -0.25) is 9.59 Å². The average molecular weight is 361 g/mol. The molecule has 0 spiro atoms. The van der Waals surface area contributed by atoms with Crippen molar-refractivity contribution in [3.63, 3.8) is 0 Å². The molecule has 2 aromatic rings. The van der Waals surface area contributed by atoms with Gasteiger partial charge in [0.15, 0.2) is 5.01 Å². The van der Waals surface area contributed by atoms with Gasteiger partial charge in [-0.25, -0.2) is 4.98 Å². The molecule has 3 rings (SSSR count).